The number of aryl methyl sites for hydroxylation is 1. The maximum atomic E-state index is 5.43. The Hall–Kier alpha value is -1.51. The van der Waals surface area contributed by atoms with E-state index in [0.717, 1.165) is 18.7 Å². The van der Waals surface area contributed by atoms with Crippen molar-refractivity contribution in [2.75, 3.05) is 14.2 Å². The fraction of sp³-hybridized carbons (Fsp3) is 0.368. The van der Waals surface area contributed by atoms with Gasteiger partial charge in [0.15, 0.2) is 0 Å². The summed E-state index contributed by atoms with van der Waals surface area (Å²) in [6, 6.07) is 17.5. The Bertz CT molecular complexity index is 568. The summed E-state index contributed by atoms with van der Waals surface area (Å²) in [6.45, 7) is 5.30. The van der Waals surface area contributed by atoms with Gasteiger partial charge in [-0.3, -0.25) is 4.90 Å². The van der Waals surface area contributed by atoms with Crippen LogP contribution in [0.5, 0.6) is 5.75 Å². The number of rotatable bonds is 6. The minimum atomic E-state index is 0. The minimum Gasteiger partial charge on any atom is -0.496 e. The molecule has 2 aromatic carbocycles. The van der Waals surface area contributed by atoms with Crippen molar-refractivity contribution in [3.8, 4) is 5.75 Å². The zero-order valence-electron chi connectivity index (χ0n) is 13.9. The lowest BCUT2D eigenvalue weighted by Crippen LogP contribution is -2.30. The summed E-state index contributed by atoms with van der Waals surface area (Å²) in [7, 11) is 3.90. The molecule has 0 aromatic heterocycles. The normalized spacial score (nSPS) is 11.9. The Labute approximate surface area is 140 Å². The minimum absolute atomic E-state index is 0. The van der Waals surface area contributed by atoms with E-state index in [1.54, 1.807) is 7.11 Å². The summed E-state index contributed by atoms with van der Waals surface area (Å²) >= 11 is 0. The number of methoxy groups -OCH3 is 1. The number of likely N-dealkylation sites (N-methyl/N-ethyl adjacent to an activating group) is 1. The molecule has 1 atom stereocenters. The molecule has 2 nitrogen and oxygen atoms in total. The van der Waals surface area contributed by atoms with Crippen molar-refractivity contribution < 1.29 is 4.74 Å². The fourth-order valence-electron chi connectivity index (χ4n) is 2.48. The van der Waals surface area contributed by atoms with E-state index >= 15 is 0 Å². The van der Waals surface area contributed by atoms with Gasteiger partial charge in [-0.05, 0) is 38.9 Å². The van der Waals surface area contributed by atoms with Gasteiger partial charge in [0.25, 0.3) is 0 Å². The molecule has 0 aliphatic carbocycles. The number of hydrogen-bond donors (Lipinski definition) is 0. The van der Waals surface area contributed by atoms with Crippen molar-refractivity contribution in [1.29, 1.82) is 0 Å². The third kappa shape index (κ3) is 5.04. The number of nitrogens with zero attached hydrogens (tertiary/aromatic N) is 1. The second kappa shape index (κ2) is 8.82. The molecular weight excluding hydrogens is 294 g/mol. The Morgan fingerprint density at radius 2 is 1.68 bits per heavy atom. The molecule has 0 heterocycles. The number of para-hydroxylation sites is 1. The van der Waals surface area contributed by atoms with Gasteiger partial charge in [-0.25, -0.2) is 0 Å². The van der Waals surface area contributed by atoms with E-state index < -0.39 is 0 Å². The molecule has 3 heteroatoms. The molecule has 0 spiro atoms. The lowest BCUT2D eigenvalue weighted by molar-refractivity contribution is 0.244. The summed E-state index contributed by atoms with van der Waals surface area (Å²) < 4.78 is 5.43. The number of benzene rings is 2. The van der Waals surface area contributed by atoms with Gasteiger partial charge >= 0.3 is 0 Å². The average molecular weight is 320 g/mol. The van der Waals surface area contributed by atoms with Gasteiger partial charge in [-0.15, -0.1) is 12.4 Å². The first-order valence-corrected chi connectivity index (χ1v) is 7.48. The highest BCUT2D eigenvalue weighted by Crippen LogP contribution is 2.20. The first-order valence-electron chi connectivity index (χ1n) is 7.48. The van der Waals surface area contributed by atoms with E-state index in [-0.39, 0.29) is 12.4 Å². The van der Waals surface area contributed by atoms with Gasteiger partial charge in [-0.1, -0.05) is 48.0 Å². The topological polar surface area (TPSA) is 12.5 Å². The molecule has 0 bridgehead atoms. The molecule has 0 aliphatic heterocycles. The predicted molar refractivity (Wildman–Crippen MR) is 96.1 cm³/mol. The van der Waals surface area contributed by atoms with Gasteiger partial charge < -0.3 is 4.74 Å². The van der Waals surface area contributed by atoms with Gasteiger partial charge in [0.1, 0.15) is 5.75 Å². The standard InChI is InChI=1S/C19H25NO.ClH/c1-15-9-11-17(12-10-15)13-16(2)20(3)14-18-7-5-6-8-19(18)21-4;/h5-12,16H,13-14H2,1-4H3;1H. The van der Waals surface area contributed by atoms with Gasteiger partial charge in [-0.2, -0.15) is 0 Å². The van der Waals surface area contributed by atoms with E-state index in [4.69, 9.17) is 4.74 Å². The number of hydrogen-bond acceptors (Lipinski definition) is 2. The van der Waals surface area contributed by atoms with E-state index in [2.05, 4.69) is 62.2 Å². The monoisotopic (exact) mass is 319 g/mol. The van der Waals surface area contributed by atoms with Crippen LogP contribution in [0.15, 0.2) is 48.5 Å². The Kier molecular flexibility index (Phi) is 7.43. The Morgan fingerprint density at radius 3 is 2.32 bits per heavy atom. The summed E-state index contributed by atoms with van der Waals surface area (Å²) in [5.74, 6) is 0.965. The predicted octanol–water partition coefficient (Wildman–Crippen LogP) is 4.49. The van der Waals surface area contributed by atoms with Crippen LogP contribution in [0.1, 0.15) is 23.6 Å². The highest BCUT2D eigenvalue weighted by atomic mass is 35.5. The molecule has 22 heavy (non-hydrogen) atoms. The third-order valence-electron chi connectivity index (χ3n) is 4.02. The van der Waals surface area contributed by atoms with Crippen molar-refractivity contribution in [1.82, 2.24) is 4.90 Å². The highest BCUT2D eigenvalue weighted by Gasteiger charge is 2.12. The molecule has 2 rings (SSSR count). The number of ether oxygens (including phenoxy) is 1. The lowest BCUT2D eigenvalue weighted by Gasteiger charge is -2.25. The summed E-state index contributed by atoms with van der Waals surface area (Å²) in [5.41, 5.74) is 3.94. The molecule has 0 saturated carbocycles. The van der Waals surface area contributed by atoms with Crippen LogP contribution in [0.25, 0.3) is 0 Å². The van der Waals surface area contributed by atoms with Crippen molar-refractivity contribution in [2.24, 2.45) is 0 Å². The summed E-state index contributed by atoms with van der Waals surface area (Å²) in [4.78, 5) is 2.37. The van der Waals surface area contributed by atoms with Crippen LogP contribution in [0, 0.1) is 6.92 Å². The molecule has 120 valence electrons. The second-order valence-corrected chi connectivity index (χ2v) is 5.77. The average Bonchev–Trinajstić information content (AvgIpc) is 2.50. The van der Waals surface area contributed by atoms with E-state index in [0.29, 0.717) is 6.04 Å². The van der Waals surface area contributed by atoms with Crippen molar-refractivity contribution >= 4 is 12.4 Å². The molecule has 0 aliphatic rings. The second-order valence-electron chi connectivity index (χ2n) is 5.77. The smallest absolute Gasteiger partial charge is 0.123 e. The molecule has 0 amide bonds. The van der Waals surface area contributed by atoms with Crippen LogP contribution in [0.4, 0.5) is 0 Å². The van der Waals surface area contributed by atoms with Crippen molar-refractivity contribution in [3.05, 3.63) is 65.2 Å². The van der Waals surface area contributed by atoms with Crippen molar-refractivity contribution in [2.45, 2.75) is 32.9 Å². The van der Waals surface area contributed by atoms with Gasteiger partial charge in [0.2, 0.25) is 0 Å². The van der Waals surface area contributed by atoms with E-state index in [1.165, 1.54) is 16.7 Å². The van der Waals surface area contributed by atoms with Gasteiger partial charge in [0.05, 0.1) is 7.11 Å². The van der Waals surface area contributed by atoms with Crippen LogP contribution in [0.2, 0.25) is 0 Å². The van der Waals surface area contributed by atoms with Crippen LogP contribution >= 0.6 is 12.4 Å². The van der Waals surface area contributed by atoms with Crippen LogP contribution < -0.4 is 4.74 Å². The molecule has 0 saturated heterocycles. The zero-order chi connectivity index (χ0) is 15.2. The Balaban J connectivity index is 0.00000242. The van der Waals surface area contributed by atoms with E-state index in [9.17, 15) is 0 Å². The molecule has 1 unspecified atom stereocenters. The third-order valence-corrected chi connectivity index (χ3v) is 4.02. The first kappa shape index (κ1) is 18.5. The largest absolute Gasteiger partial charge is 0.496 e. The maximum Gasteiger partial charge on any atom is 0.123 e. The molecule has 0 fully saturated rings. The van der Waals surface area contributed by atoms with E-state index in [1.807, 2.05) is 12.1 Å². The highest BCUT2D eigenvalue weighted by molar-refractivity contribution is 5.85. The SMILES string of the molecule is COc1ccccc1CN(C)C(C)Cc1ccc(C)cc1.Cl. The molecule has 0 N–H and O–H groups in total. The molecule has 0 radical (unpaired) electrons. The molecule has 2 aromatic rings. The van der Waals surface area contributed by atoms with Crippen molar-refractivity contribution in [3.63, 3.8) is 0 Å². The van der Waals surface area contributed by atoms with Gasteiger partial charge in [0, 0.05) is 18.2 Å². The van der Waals surface area contributed by atoms with Crippen LogP contribution in [0.3, 0.4) is 0 Å². The first-order chi connectivity index (χ1) is 10.1. The van der Waals surface area contributed by atoms with Crippen LogP contribution in [-0.2, 0) is 13.0 Å². The fourth-order valence-corrected chi connectivity index (χ4v) is 2.48. The summed E-state index contributed by atoms with van der Waals surface area (Å²) in [6.07, 6.45) is 1.06. The quantitative estimate of drug-likeness (QED) is 0.778. The lowest BCUT2D eigenvalue weighted by atomic mass is 10.0. The molecular formula is C19H26ClNO. The maximum absolute atomic E-state index is 5.43. The summed E-state index contributed by atoms with van der Waals surface area (Å²) in [5, 5.41) is 0. The zero-order valence-corrected chi connectivity index (χ0v) is 14.7. The van der Waals surface area contributed by atoms with Crippen LogP contribution in [-0.4, -0.2) is 25.1 Å². The number of halogens is 1. The Morgan fingerprint density at radius 1 is 1.05 bits per heavy atom.